The number of rotatable bonds is 4. The average Bonchev–Trinajstić information content (AvgIpc) is 3.66. The van der Waals surface area contributed by atoms with Crippen molar-refractivity contribution in [1.82, 2.24) is 9.47 Å². The second-order valence-electron chi connectivity index (χ2n) is 9.83. The first kappa shape index (κ1) is 23.2. The number of nitrogens with zero attached hydrogens (tertiary/aromatic N) is 2. The fourth-order valence-corrected chi connectivity index (χ4v) is 7.22. The lowest BCUT2D eigenvalue weighted by atomic mass is 9.95. The van der Waals surface area contributed by atoms with Crippen molar-refractivity contribution in [3.63, 3.8) is 0 Å². The smallest absolute Gasteiger partial charge is 0.322 e. The molecular weight excluding hydrogens is 498 g/mol. The van der Waals surface area contributed by atoms with Crippen LogP contribution in [0.5, 0.6) is 17.2 Å². The number of amides is 2. The number of urea groups is 1. The summed E-state index contributed by atoms with van der Waals surface area (Å²) in [5, 5.41) is 4.39. The predicted molar refractivity (Wildman–Crippen MR) is 147 cm³/mol. The Hall–Kier alpha value is -3.91. The van der Waals surface area contributed by atoms with Gasteiger partial charge in [-0.25, -0.2) is 4.79 Å². The van der Waals surface area contributed by atoms with Crippen LogP contribution in [0.15, 0.2) is 60.8 Å². The molecule has 0 radical (unpaired) electrons. The van der Waals surface area contributed by atoms with Crippen molar-refractivity contribution < 1.29 is 19.0 Å². The Kier molecular flexibility index (Phi) is 5.77. The van der Waals surface area contributed by atoms with Crippen LogP contribution in [0.25, 0.3) is 5.00 Å². The van der Waals surface area contributed by atoms with Gasteiger partial charge in [-0.1, -0.05) is 12.1 Å². The minimum atomic E-state index is -0.270. The molecule has 2 aliphatic heterocycles. The van der Waals surface area contributed by atoms with Gasteiger partial charge in [0.25, 0.3) is 0 Å². The highest BCUT2D eigenvalue weighted by Crippen LogP contribution is 2.44. The first-order chi connectivity index (χ1) is 18.7. The lowest BCUT2D eigenvalue weighted by Gasteiger charge is -2.31. The third kappa shape index (κ3) is 3.91. The summed E-state index contributed by atoms with van der Waals surface area (Å²) in [6.07, 6.45) is 6.75. The number of benzene rings is 2. The van der Waals surface area contributed by atoms with Crippen LogP contribution < -0.4 is 19.5 Å². The standard InChI is InChI=1S/C30H29N3O4S/c1-2-35-21-12-9-19(10-13-21)28-24-7-5-15-32(24)29-23(22-6-3-4-8-27(22)38-29)17-33(28)30(34)31-20-11-14-25-26(16-20)37-18-36-25/h5,7,9-16,28H,2-4,6,8,17-18H2,1H3,(H,31,34)/t28-/m0/s1. The average molecular weight is 528 g/mol. The maximum absolute atomic E-state index is 14.1. The molecule has 0 spiro atoms. The molecule has 194 valence electrons. The lowest BCUT2D eigenvalue weighted by molar-refractivity contribution is 0.174. The van der Waals surface area contributed by atoms with Gasteiger partial charge in [0.2, 0.25) is 6.79 Å². The summed E-state index contributed by atoms with van der Waals surface area (Å²) in [5.74, 6) is 2.16. The molecule has 0 fully saturated rings. The van der Waals surface area contributed by atoms with Gasteiger partial charge in [0.05, 0.1) is 24.9 Å². The van der Waals surface area contributed by atoms with E-state index in [9.17, 15) is 4.79 Å². The Morgan fingerprint density at radius 2 is 1.89 bits per heavy atom. The Morgan fingerprint density at radius 3 is 2.76 bits per heavy atom. The summed E-state index contributed by atoms with van der Waals surface area (Å²) < 4.78 is 19.0. The fourth-order valence-electron chi connectivity index (χ4n) is 5.82. The van der Waals surface area contributed by atoms with Crippen molar-refractivity contribution in [2.45, 2.75) is 45.2 Å². The molecule has 3 aliphatic rings. The van der Waals surface area contributed by atoms with E-state index in [4.69, 9.17) is 14.2 Å². The molecule has 4 heterocycles. The van der Waals surface area contributed by atoms with Crippen LogP contribution in [0.1, 0.15) is 53.1 Å². The molecule has 0 saturated carbocycles. The zero-order valence-electron chi connectivity index (χ0n) is 21.2. The number of hydrogen-bond donors (Lipinski definition) is 1. The van der Waals surface area contributed by atoms with E-state index in [1.54, 1.807) is 0 Å². The summed E-state index contributed by atoms with van der Waals surface area (Å²) >= 11 is 1.89. The van der Waals surface area contributed by atoms with E-state index in [2.05, 4.69) is 40.3 Å². The molecule has 0 bridgehead atoms. The predicted octanol–water partition coefficient (Wildman–Crippen LogP) is 6.68. The minimum absolute atomic E-state index is 0.154. The molecule has 1 aliphatic carbocycles. The van der Waals surface area contributed by atoms with E-state index in [0.717, 1.165) is 29.8 Å². The van der Waals surface area contributed by atoms with Crippen molar-refractivity contribution in [3.05, 3.63) is 88.1 Å². The highest BCUT2D eigenvalue weighted by Gasteiger charge is 2.36. The third-order valence-electron chi connectivity index (χ3n) is 7.57. The second kappa shape index (κ2) is 9.44. The Labute approximate surface area is 225 Å². The van der Waals surface area contributed by atoms with Gasteiger partial charge in [-0.05, 0) is 80.1 Å². The highest BCUT2D eigenvalue weighted by atomic mass is 32.1. The van der Waals surface area contributed by atoms with Crippen LogP contribution in [-0.4, -0.2) is 28.9 Å². The maximum Gasteiger partial charge on any atom is 0.322 e. The van der Waals surface area contributed by atoms with E-state index >= 15 is 0 Å². The number of nitrogens with one attached hydrogen (secondary N) is 1. The van der Waals surface area contributed by atoms with Crippen LogP contribution in [0.4, 0.5) is 10.5 Å². The molecule has 2 aromatic heterocycles. The fraction of sp³-hybridized carbons (Fsp3) is 0.300. The Bertz CT molecular complexity index is 1510. The van der Waals surface area contributed by atoms with Gasteiger partial charge in [-0.15, -0.1) is 11.3 Å². The van der Waals surface area contributed by atoms with Gasteiger partial charge in [0, 0.05) is 28.4 Å². The van der Waals surface area contributed by atoms with Crippen molar-refractivity contribution >= 4 is 23.1 Å². The van der Waals surface area contributed by atoms with Crippen LogP contribution in [0.2, 0.25) is 0 Å². The van der Waals surface area contributed by atoms with E-state index in [1.165, 1.54) is 33.8 Å². The first-order valence-corrected chi connectivity index (χ1v) is 14.0. The largest absolute Gasteiger partial charge is 0.494 e. The van der Waals surface area contributed by atoms with E-state index in [0.29, 0.717) is 30.3 Å². The zero-order valence-corrected chi connectivity index (χ0v) is 22.1. The summed E-state index contributed by atoms with van der Waals surface area (Å²) in [6, 6.07) is 17.4. The third-order valence-corrected chi connectivity index (χ3v) is 8.90. The summed E-state index contributed by atoms with van der Waals surface area (Å²) in [5.41, 5.74) is 5.50. The number of carbonyl (C=O) groups excluding carboxylic acids is 1. The summed E-state index contributed by atoms with van der Waals surface area (Å²) in [7, 11) is 0. The molecule has 0 saturated heterocycles. The van der Waals surface area contributed by atoms with Gasteiger partial charge in [-0.2, -0.15) is 0 Å². The molecule has 7 rings (SSSR count). The number of carbonyl (C=O) groups is 1. The van der Waals surface area contributed by atoms with Crippen molar-refractivity contribution in [3.8, 4) is 22.2 Å². The molecular formula is C30H29N3O4S. The SMILES string of the molecule is CCOc1ccc([C@H]2c3cccn3-c3sc4c(c3CN2C(=O)Nc2ccc3c(c2)OCO3)CCCC4)cc1. The zero-order chi connectivity index (χ0) is 25.6. The number of fused-ring (bicyclic) bond motifs is 6. The highest BCUT2D eigenvalue weighted by molar-refractivity contribution is 7.15. The maximum atomic E-state index is 14.1. The van der Waals surface area contributed by atoms with E-state index in [-0.39, 0.29) is 18.9 Å². The summed E-state index contributed by atoms with van der Waals surface area (Å²) in [6.45, 7) is 3.33. The van der Waals surface area contributed by atoms with Crippen LogP contribution in [-0.2, 0) is 19.4 Å². The number of hydrogen-bond acceptors (Lipinski definition) is 5. The molecule has 7 nitrogen and oxygen atoms in total. The molecule has 2 amide bonds. The van der Waals surface area contributed by atoms with Crippen molar-refractivity contribution in [2.24, 2.45) is 0 Å². The normalized spacial score (nSPS) is 17.3. The number of thiophene rings is 1. The molecule has 1 atom stereocenters. The molecule has 1 N–H and O–H groups in total. The van der Waals surface area contributed by atoms with Gasteiger partial charge < -0.3 is 29.0 Å². The number of aromatic nitrogens is 1. The molecule has 2 aromatic carbocycles. The van der Waals surface area contributed by atoms with Crippen LogP contribution in [0, 0.1) is 0 Å². The van der Waals surface area contributed by atoms with E-state index in [1.807, 2.05) is 53.5 Å². The lowest BCUT2D eigenvalue weighted by Crippen LogP contribution is -2.38. The quantitative estimate of drug-likeness (QED) is 0.321. The summed E-state index contributed by atoms with van der Waals surface area (Å²) in [4.78, 5) is 17.6. The van der Waals surface area contributed by atoms with Gasteiger partial charge in [0.1, 0.15) is 10.8 Å². The number of aryl methyl sites for hydroxylation is 1. The first-order valence-electron chi connectivity index (χ1n) is 13.2. The minimum Gasteiger partial charge on any atom is -0.494 e. The monoisotopic (exact) mass is 527 g/mol. The Morgan fingerprint density at radius 1 is 1.05 bits per heavy atom. The molecule has 4 aromatic rings. The molecule has 8 heteroatoms. The van der Waals surface area contributed by atoms with Gasteiger partial charge in [-0.3, -0.25) is 0 Å². The topological polar surface area (TPSA) is 65.0 Å². The van der Waals surface area contributed by atoms with Gasteiger partial charge >= 0.3 is 6.03 Å². The van der Waals surface area contributed by atoms with Crippen molar-refractivity contribution in [2.75, 3.05) is 18.7 Å². The van der Waals surface area contributed by atoms with Crippen LogP contribution in [0.3, 0.4) is 0 Å². The van der Waals surface area contributed by atoms with Gasteiger partial charge in [0.15, 0.2) is 11.5 Å². The van der Waals surface area contributed by atoms with Crippen LogP contribution >= 0.6 is 11.3 Å². The molecule has 0 unspecified atom stereocenters. The number of ether oxygens (including phenoxy) is 3. The van der Waals surface area contributed by atoms with E-state index < -0.39 is 0 Å². The second-order valence-corrected chi connectivity index (χ2v) is 10.9. The van der Waals surface area contributed by atoms with Crippen molar-refractivity contribution in [1.29, 1.82) is 0 Å². The number of anilines is 1. The Balaban J connectivity index is 1.32. The molecule has 38 heavy (non-hydrogen) atoms.